The van der Waals surface area contributed by atoms with Crippen LogP contribution in [0.4, 0.5) is 4.39 Å². The van der Waals surface area contributed by atoms with Crippen LogP contribution in [0, 0.1) is 11.8 Å². The van der Waals surface area contributed by atoms with Crippen LogP contribution in [0.15, 0.2) is 42.5 Å². The van der Waals surface area contributed by atoms with Gasteiger partial charge in [0, 0.05) is 6.42 Å². The first-order valence-electron chi connectivity index (χ1n) is 10.5. The smallest absolute Gasteiger partial charge is 0.321 e. The maximum Gasteiger partial charge on any atom is 0.321 e. The van der Waals surface area contributed by atoms with E-state index in [1.165, 1.54) is 0 Å². The molecule has 2 aromatic rings. The molecule has 0 aliphatic rings. The van der Waals surface area contributed by atoms with E-state index in [1.807, 2.05) is 56.3 Å². The number of nitrogens with one attached hydrogen (secondary N) is 1. The Morgan fingerprint density at radius 1 is 1.06 bits per heavy atom. The van der Waals surface area contributed by atoms with Crippen molar-refractivity contribution in [2.45, 2.75) is 45.2 Å². The molecule has 0 aliphatic carbocycles. The number of amides is 1. The zero-order chi connectivity index (χ0) is 23.8. The monoisotopic (exact) mass is 444 g/mol. The maximum absolute atomic E-state index is 13.0. The number of benzene rings is 2. The lowest BCUT2D eigenvalue weighted by molar-refractivity contribution is -0.147. The van der Waals surface area contributed by atoms with Gasteiger partial charge in [-0.05, 0) is 35.1 Å². The van der Waals surface area contributed by atoms with Crippen molar-refractivity contribution in [3.8, 4) is 0 Å². The molecule has 8 heteroatoms. The van der Waals surface area contributed by atoms with Gasteiger partial charge in [-0.3, -0.25) is 19.2 Å². The molecule has 3 atom stereocenters. The van der Waals surface area contributed by atoms with Gasteiger partial charge in [0.05, 0.1) is 6.04 Å². The number of aryl methyl sites for hydroxylation is 1. The highest BCUT2D eigenvalue weighted by molar-refractivity contribution is 6.09. The first-order chi connectivity index (χ1) is 15.1. The Hall–Kier alpha value is -3.13. The van der Waals surface area contributed by atoms with E-state index < -0.39 is 48.1 Å². The molecule has 2 rings (SSSR count). The molecule has 0 spiro atoms. The molecule has 0 aliphatic heterocycles. The predicted octanol–water partition coefficient (Wildman–Crippen LogP) is 2.44. The Morgan fingerprint density at radius 3 is 2.34 bits per heavy atom. The molecule has 0 radical (unpaired) electrons. The number of ketones is 2. The van der Waals surface area contributed by atoms with Crippen molar-refractivity contribution in [2.75, 3.05) is 6.67 Å². The van der Waals surface area contributed by atoms with Crippen LogP contribution in [0.1, 0.15) is 32.3 Å². The second-order valence-corrected chi connectivity index (χ2v) is 8.23. The molecule has 7 nitrogen and oxygen atoms in total. The molecule has 0 aromatic heterocycles. The van der Waals surface area contributed by atoms with Gasteiger partial charge in [-0.15, -0.1) is 0 Å². The Balaban J connectivity index is 2.16. The SMILES string of the molecule is CC(C)C[C@H](NC(=O)CCc1cccc2ccccc12)C(=O)C(C(=O)CF)C(N)C(=O)O. The summed E-state index contributed by atoms with van der Waals surface area (Å²) in [6.45, 7) is 2.11. The average molecular weight is 445 g/mol. The van der Waals surface area contributed by atoms with Crippen LogP contribution in [-0.4, -0.2) is 47.3 Å². The first-order valence-corrected chi connectivity index (χ1v) is 10.5. The fourth-order valence-electron chi connectivity index (χ4n) is 3.72. The van der Waals surface area contributed by atoms with Crippen LogP contribution in [0.2, 0.25) is 0 Å². The molecule has 0 saturated heterocycles. The Morgan fingerprint density at radius 2 is 1.72 bits per heavy atom. The highest BCUT2D eigenvalue weighted by Crippen LogP contribution is 2.20. The van der Waals surface area contributed by atoms with Crippen molar-refractivity contribution < 1.29 is 28.7 Å². The van der Waals surface area contributed by atoms with Crippen molar-refractivity contribution in [1.29, 1.82) is 0 Å². The minimum Gasteiger partial charge on any atom is -0.480 e. The van der Waals surface area contributed by atoms with E-state index in [-0.39, 0.29) is 18.8 Å². The molecular weight excluding hydrogens is 415 g/mol. The second-order valence-electron chi connectivity index (χ2n) is 8.23. The largest absolute Gasteiger partial charge is 0.480 e. The molecule has 4 N–H and O–H groups in total. The van der Waals surface area contributed by atoms with Crippen LogP contribution in [-0.2, 0) is 25.6 Å². The number of alkyl halides is 1. The number of aliphatic carboxylic acids is 1. The summed E-state index contributed by atoms with van der Waals surface area (Å²) in [6.07, 6.45) is 0.682. The first kappa shape index (κ1) is 25.1. The summed E-state index contributed by atoms with van der Waals surface area (Å²) in [5, 5.41) is 13.8. The summed E-state index contributed by atoms with van der Waals surface area (Å²) in [5.41, 5.74) is 6.48. The molecule has 2 aromatic carbocycles. The van der Waals surface area contributed by atoms with Gasteiger partial charge in [0.1, 0.15) is 18.6 Å². The van der Waals surface area contributed by atoms with Gasteiger partial charge in [0.15, 0.2) is 11.6 Å². The van der Waals surface area contributed by atoms with Gasteiger partial charge >= 0.3 is 5.97 Å². The van der Waals surface area contributed by atoms with Crippen molar-refractivity contribution in [2.24, 2.45) is 17.6 Å². The Labute approximate surface area is 186 Å². The molecule has 1 amide bonds. The summed E-state index contributed by atoms with van der Waals surface area (Å²) >= 11 is 0. The van der Waals surface area contributed by atoms with Crippen LogP contribution < -0.4 is 11.1 Å². The second kappa shape index (κ2) is 11.5. The highest BCUT2D eigenvalue weighted by Gasteiger charge is 2.40. The van der Waals surface area contributed by atoms with Crippen molar-refractivity contribution in [3.63, 3.8) is 0 Å². The molecule has 172 valence electrons. The number of rotatable bonds is 12. The molecule has 0 fully saturated rings. The number of carboxylic acids is 1. The summed E-state index contributed by atoms with van der Waals surface area (Å²) < 4.78 is 13.0. The summed E-state index contributed by atoms with van der Waals surface area (Å²) in [4.78, 5) is 48.8. The Bertz CT molecular complexity index is 986. The summed E-state index contributed by atoms with van der Waals surface area (Å²) in [6, 6.07) is 10.6. The molecule has 0 saturated carbocycles. The Kier molecular flexibility index (Phi) is 9.02. The maximum atomic E-state index is 13.0. The van der Waals surface area contributed by atoms with E-state index >= 15 is 0 Å². The van der Waals surface area contributed by atoms with E-state index in [0.717, 1.165) is 16.3 Å². The van der Waals surface area contributed by atoms with Crippen LogP contribution in [0.25, 0.3) is 10.8 Å². The molecular formula is C24H29FN2O5. The van der Waals surface area contributed by atoms with Gasteiger partial charge in [0.25, 0.3) is 0 Å². The lowest BCUT2D eigenvalue weighted by Gasteiger charge is -2.25. The fraction of sp³-hybridized carbons (Fsp3) is 0.417. The number of hydrogen-bond donors (Lipinski definition) is 3. The predicted molar refractivity (Wildman–Crippen MR) is 119 cm³/mol. The molecule has 2 unspecified atom stereocenters. The quantitative estimate of drug-likeness (QED) is 0.432. The van der Waals surface area contributed by atoms with Gasteiger partial charge in [-0.2, -0.15) is 0 Å². The number of carbonyl (C=O) groups excluding carboxylic acids is 3. The summed E-state index contributed by atoms with van der Waals surface area (Å²) in [7, 11) is 0. The van der Waals surface area contributed by atoms with E-state index in [2.05, 4.69) is 5.32 Å². The number of carbonyl (C=O) groups is 4. The molecule has 0 heterocycles. The normalized spacial score (nSPS) is 14.0. The fourth-order valence-corrected chi connectivity index (χ4v) is 3.72. The third-order valence-electron chi connectivity index (χ3n) is 5.32. The zero-order valence-electron chi connectivity index (χ0n) is 18.2. The number of nitrogens with two attached hydrogens (primary N) is 1. The van der Waals surface area contributed by atoms with E-state index in [0.29, 0.717) is 6.42 Å². The topological polar surface area (TPSA) is 127 Å². The number of Topliss-reactive ketones (excluding diaryl/α,β-unsaturated/α-hetero) is 2. The van der Waals surface area contributed by atoms with Gasteiger partial charge in [-0.1, -0.05) is 56.3 Å². The third-order valence-corrected chi connectivity index (χ3v) is 5.32. The van der Waals surface area contributed by atoms with Gasteiger partial charge < -0.3 is 16.2 Å². The minimum atomic E-state index is -1.88. The van der Waals surface area contributed by atoms with Crippen LogP contribution in [0.5, 0.6) is 0 Å². The van der Waals surface area contributed by atoms with Gasteiger partial charge in [0.2, 0.25) is 5.91 Å². The van der Waals surface area contributed by atoms with Crippen LogP contribution in [0.3, 0.4) is 0 Å². The van der Waals surface area contributed by atoms with E-state index in [1.54, 1.807) is 0 Å². The average Bonchev–Trinajstić information content (AvgIpc) is 2.76. The number of halogens is 1. The molecule has 0 bridgehead atoms. The van der Waals surface area contributed by atoms with Crippen molar-refractivity contribution in [1.82, 2.24) is 5.32 Å². The van der Waals surface area contributed by atoms with Crippen molar-refractivity contribution >= 4 is 34.2 Å². The van der Waals surface area contributed by atoms with Gasteiger partial charge in [-0.25, -0.2) is 4.39 Å². The van der Waals surface area contributed by atoms with E-state index in [4.69, 9.17) is 10.8 Å². The lowest BCUT2D eigenvalue weighted by Crippen LogP contribution is -2.53. The van der Waals surface area contributed by atoms with Crippen molar-refractivity contribution in [3.05, 3.63) is 48.0 Å². The highest BCUT2D eigenvalue weighted by atomic mass is 19.1. The van der Waals surface area contributed by atoms with E-state index in [9.17, 15) is 23.6 Å². The minimum absolute atomic E-state index is 0.0514. The summed E-state index contributed by atoms with van der Waals surface area (Å²) in [5.74, 6) is -6.01. The van der Waals surface area contributed by atoms with Crippen LogP contribution >= 0.6 is 0 Å². The number of hydrogen-bond acceptors (Lipinski definition) is 5. The lowest BCUT2D eigenvalue weighted by atomic mass is 9.85. The zero-order valence-corrected chi connectivity index (χ0v) is 18.2. The molecule has 32 heavy (non-hydrogen) atoms. The standard InChI is InChI=1S/C24H29FN2O5/c1-14(2)12-18(23(30)21(19(28)13-25)22(26)24(31)32)27-20(29)11-10-16-8-5-7-15-6-3-4-9-17(15)16/h3-9,14,18,21-22H,10-13,26H2,1-2H3,(H,27,29)(H,31,32)/t18-,21?,22?/m0/s1. The number of fused-ring (bicyclic) bond motifs is 1. The third kappa shape index (κ3) is 6.43. The number of carboxylic acid groups (broad SMARTS) is 1.